The van der Waals surface area contributed by atoms with E-state index in [1.54, 1.807) is 7.11 Å². The smallest absolute Gasteiger partial charge is 0.306 e. The predicted octanol–water partition coefficient (Wildman–Crippen LogP) is 2.72. The van der Waals surface area contributed by atoms with Gasteiger partial charge in [-0.05, 0) is 37.8 Å². The fourth-order valence-corrected chi connectivity index (χ4v) is 2.29. The van der Waals surface area contributed by atoms with Crippen molar-refractivity contribution in [1.29, 1.82) is 0 Å². The van der Waals surface area contributed by atoms with Gasteiger partial charge in [-0.15, -0.1) is 0 Å². The molecule has 0 unspecified atom stereocenters. The summed E-state index contributed by atoms with van der Waals surface area (Å²) in [6.45, 7) is 0. The van der Waals surface area contributed by atoms with Crippen LogP contribution in [0.1, 0.15) is 25.7 Å². The fourth-order valence-electron chi connectivity index (χ4n) is 2.29. The van der Waals surface area contributed by atoms with Gasteiger partial charge in [0.25, 0.3) is 0 Å². The number of carboxylic acid groups (broad SMARTS) is 1. The van der Waals surface area contributed by atoms with Crippen LogP contribution in [0.15, 0.2) is 24.3 Å². The third kappa shape index (κ3) is 3.15. The van der Waals surface area contributed by atoms with E-state index in [-0.39, 0.29) is 12.0 Å². The minimum Gasteiger partial charge on any atom is -0.497 e. The Labute approximate surface area is 107 Å². The lowest BCUT2D eigenvalue weighted by Gasteiger charge is -2.26. The number of carboxylic acids is 1. The monoisotopic (exact) mass is 250 g/mol. The zero-order chi connectivity index (χ0) is 13.0. The van der Waals surface area contributed by atoms with Gasteiger partial charge in [-0.2, -0.15) is 0 Å². The van der Waals surface area contributed by atoms with Crippen LogP contribution in [0, 0.1) is 5.92 Å². The largest absolute Gasteiger partial charge is 0.497 e. The van der Waals surface area contributed by atoms with Gasteiger partial charge in [0.1, 0.15) is 11.5 Å². The van der Waals surface area contributed by atoms with E-state index in [4.69, 9.17) is 14.6 Å². The molecule has 1 fully saturated rings. The van der Waals surface area contributed by atoms with Gasteiger partial charge in [0.05, 0.1) is 19.1 Å². The Morgan fingerprint density at radius 1 is 1.22 bits per heavy atom. The maximum Gasteiger partial charge on any atom is 0.306 e. The van der Waals surface area contributed by atoms with Crippen molar-refractivity contribution in [2.45, 2.75) is 31.8 Å². The molecule has 0 bridgehead atoms. The van der Waals surface area contributed by atoms with E-state index in [0.717, 1.165) is 24.3 Å². The van der Waals surface area contributed by atoms with Crippen LogP contribution in [-0.2, 0) is 4.79 Å². The normalized spacial score (nSPS) is 23.4. The lowest BCUT2D eigenvalue weighted by atomic mass is 9.87. The minimum atomic E-state index is -0.685. The Morgan fingerprint density at radius 2 is 1.89 bits per heavy atom. The molecule has 0 amide bonds. The van der Waals surface area contributed by atoms with Gasteiger partial charge >= 0.3 is 5.97 Å². The summed E-state index contributed by atoms with van der Waals surface area (Å²) in [4.78, 5) is 10.8. The van der Waals surface area contributed by atoms with Crippen molar-refractivity contribution in [3.05, 3.63) is 24.3 Å². The number of methoxy groups -OCH3 is 1. The summed E-state index contributed by atoms with van der Waals surface area (Å²) in [6, 6.07) is 7.50. The molecule has 1 saturated carbocycles. The van der Waals surface area contributed by atoms with Crippen molar-refractivity contribution in [2.24, 2.45) is 5.92 Å². The summed E-state index contributed by atoms with van der Waals surface area (Å²) in [6.07, 6.45) is 3.11. The van der Waals surface area contributed by atoms with E-state index in [2.05, 4.69) is 0 Å². The second-order valence-electron chi connectivity index (χ2n) is 4.61. The first kappa shape index (κ1) is 12.7. The quantitative estimate of drug-likeness (QED) is 0.892. The van der Waals surface area contributed by atoms with E-state index in [1.807, 2.05) is 24.3 Å². The van der Waals surface area contributed by atoms with Crippen LogP contribution in [0.5, 0.6) is 11.5 Å². The molecule has 0 radical (unpaired) electrons. The van der Waals surface area contributed by atoms with Crippen LogP contribution in [0.3, 0.4) is 0 Å². The number of ether oxygens (including phenoxy) is 2. The van der Waals surface area contributed by atoms with Crippen molar-refractivity contribution < 1.29 is 19.4 Å². The number of rotatable bonds is 4. The molecule has 98 valence electrons. The SMILES string of the molecule is COc1cccc(OC2CCC(C(=O)O)CC2)c1. The molecule has 4 heteroatoms. The Hall–Kier alpha value is -1.71. The maximum absolute atomic E-state index is 10.8. The summed E-state index contributed by atoms with van der Waals surface area (Å²) < 4.78 is 11.0. The fraction of sp³-hybridized carbons (Fsp3) is 0.500. The van der Waals surface area contributed by atoms with Crippen molar-refractivity contribution in [2.75, 3.05) is 7.11 Å². The molecule has 1 aliphatic carbocycles. The highest BCUT2D eigenvalue weighted by Gasteiger charge is 2.26. The predicted molar refractivity (Wildman–Crippen MR) is 67.0 cm³/mol. The standard InChI is InChI=1S/C14H18O4/c1-17-12-3-2-4-13(9-12)18-11-7-5-10(6-8-11)14(15)16/h2-4,9-11H,5-8H2,1H3,(H,15,16). The third-order valence-electron chi connectivity index (χ3n) is 3.37. The van der Waals surface area contributed by atoms with Crippen LogP contribution >= 0.6 is 0 Å². The van der Waals surface area contributed by atoms with Crippen LogP contribution < -0.4 is 9.47 Å². The minimum absolute atomic E-state index is 0.118. The first-order valence-corrected chi connectivity index (χ1v) is 6.22. The topological polar surface area (TPSA) is 55.8 Å². The van der Waals surface area contributed by atoms with Gasteiger partial charge in [0, 0.05) is 6.07 Å². The van der Waals surface area contributed by atoms with Crippen molar-refractivity contribution >= 4 is 5.97 Å². The molecule has 2 rings (SSSR count). The average Bonchev–Trinajstić information content (AvgIpc) is 2.39. The highest BCUT2D eigenvalue weighted by Crippen LogP contribution is 2.28. The first-order valence-electron chi connectivity index (χ1n) is 6.22. The van der Waals surface area contributed by atoms with Gasteiger partial charge in [0.15, 0.2) is 0 Å². The molecule has 0 saturated heterocycles. The van der Waals surface area contributed by atoms with Gasteiger partial charge < -0.3 is 14.6 Å². The van der Waals surface area contributed by atoms with Gasteiger partial charge in [0.2, 0.25) is 0 Å². The van der Waals surface area contributed by atoms with E-state index in [1.165, 1.54) is 0 Å². The van der Waals surface area contributed by atoms with Crippen LogP contribution in [0.4, 0.5) is 0 Å². The van der Waals surface area contributed by atoms with Crippen molar-refractivity contribution in [3.8, 4) is 11.5 Å². The highest BCUT2D eigenvalue weighted by atomic mass is 16.5. The second kappa shape index (κ2) is 5.76. The Balaban J connectivity index is 1.89. The first-order chi connectivity index (χ1) is 8.69. The molecule has 0 atom stereocenters. The highest BCUT2D eigenvalue weighted by molar-refractivity contribution is 5.70. The van der Waals surface area contributed by atoms with Gasteiger partial charge in [-0.1, -0.05) is 6.07 Å². The number of aliphatic carboxylic acids is 1. The third-order valence-corrected chi connectivity index (χ3v) is 3.37. The van der Waals surface area contributed by atoms with E-state index in [9.17, 15) is 4.79 Å². The van der Waals surface area contributed by atoms with E-state index >= 15 is 0 Å². The van der Waals surface area contributed by atoms with E-state index < -0.39 is 5.97 Å². The Bertz CT molecular complexity index is 408. The number of hydrogen-bond donors (Lipinski definition) is 1. The summed E-state index contributed by atoms with van der Waals surface area (Å²) in [5, 5.41) is 8.93. The van der Waals surface area contributed by atoms with Crippen molar-refractivity contribution in [1.82, 2.24) is 0 Å². The molecule has 0 aromatic heterocycles. The van der Waals surface area contributed by atoms with Crippen molar-refractivity contribution in [3.63, 3.8) is 0 Å². The Morgan fingerprint density at radius 3 is 2.50 bits per heavy atom. The molecular weight excluding hydrogens is 232 g/mol. The molecule has 1 aromatic carbocycles. The summed E-state index contributed by atoms with van der Waals surface area (Å²) >= 11 is 0. The Kier molecular flexibility index (Phi) is 4.07. The van der Waals surface area contributed by atoms with Gasteiger partial charge in [-0.25, -0.2) is 0 Å². The number of carbonyl (C=O) groups is 1. The second-order valence-corrected chi connectivity index (χ2v) is 4.61. The molecule has 0 spiro atoms. The zero-order valence-electron chi connectivity index (χ0n) is 10.5. The van der Waals surface area contributed by atoms with Crippen LogP contribution in [0.25, 0.3) is 0 Å². The molecule has 0 aliphatic heterocycles. The van der Waals surface area contributed by atoms with Crippen LogP contribution in [0.2, 0.25) is 0 Å². The lowest BCUT2D eigenvalue weighted by Crippen LogP contribution is -2.27. The molecular formula is C14H18O4. The summed E-state index contributed by atoms with van der Waals surface area (Å²) in [7, 11) is 1.62. The van der Waals surface area contributed by atoms with Gasteiger partial charge in [-0.3, -0.25) is 4.79 Å². The summed E-state index contributed by atoms with van der Waals surface area (Å²) in [5.74, 6) is 0.671. The molecule has 1 N–H and O–H groups in total. The summed E-state index contributed by atoms with van der Waals surface area (Å²) in [5.41, 5.74) is 0. The molecule has 18 heavy (non-hydrogen) atoms. The molecule has 1 aliphatic rings. The van der Waals surface area contributed by atoms with Crippen LogP contribution in [-0.4, -0.2) is 24.3 Å². The molecule has 0 heterocycles. The lowest BCUT2D eigenvalue weighted by molar-refractivity contribution is -0.143. The zero-order valence-corrected chi connectivity index (χ0v) is 10.5. The van der Waals surface area contributed by atoms with E-state index in [0.29, 0.717) is 12.8 Å². The average molecular weight is 250 g/mol. The molecule has 1 aromatic rings. The maximum atomic E-state index is 10.8. The number of hydrogen-bond acceptors (Lipinski definition) is 3. The number of benzene rings is 1. The molecule has 4 nitrogen and oxygen atoms in total.